The van der Waals surface area contributed by atoms with E-state index in [1.54, 1.807) is 49.5 Å². The van der Waals surface area contributed by atoms with Gasteiger partial charge in [0.15, 0.2) is 11.5 Å². The maximum absolute atomic E-state index is 13.5. The van der Waals surface area contributed by atoms with Crippen LogP contribution in [0.3, 0.4) is 0 Å². The molecule has 1 aliphatic heterocycles. The molecule has 0 spiro atoms. The largest absolute Gasteiger partial charge is 0.493 e. The quantitative estimate of drug-likeness (QED) is 0.628. The van der Waals surface area contributed by atoms with Gasteiger partial charge in [0.25, 0.3) is 5.91 Å². The van der Waals surface area contributed by atoms with Crippen molar-refractivity contribution in [3.05, 3.63) is 60.1 Å². The van der Waals surface area contributed by atoms with Gasteiger partial charge in [0.05, 0.1) is 39.3 Å². The van der Waals surface area contributed by atoms with Crippen LogP contribution in [0.5, 0.6) is 11.5 Å². The molecule has 0 aliphatic carbocycles. The fourth-order valence-corrected chi connectivity index (χ4v) is 3.56. The minimum atomic E-state index is -0.332. The SMILES string of the molecule is COc1cc(-c2ccc(F)cc2)c(-c2occc2C(=O)N2CCOCC2)cc1OC. The number of carbonyl (C=O) groups excluding carboxylic acids is 1. The van der Waals surface area contributed by atoms with Crippen LogP contribution < -0.4 is 9.47 Å². The molecule has 6 nitrogen and oxygen atoms in total. The molecule has 3 aromatic rings. The zero-order valence-electron chi connectivity index (χ0n) is 16.8. The van der Waals surface area contributed by atoms with Gasteiger partial charge in [-0.2, -0.15) is 0 Å². The van der Waals surface area contributed by atoms with Crippen molar-refractivity contribution in [2.24, 2.45) is 0 Å². The Labute approximate surface area is 173 Å². The third kappa shape index (κ3) is 3.76. The molecular formula is C23H22FNO5. The lowest BCUT2D eigenvalue weighted by Crippen LogP contribution is -2.40. The van der Waals surface area contributed by atoms with E-state index in [0.29, 0.717) is 54.7 Å². The van der Waals surface area contributed by atoms with Crippen LogP contribution in [0.1, 0.15) is 10.4 Å². The number of rotatable bonds is 5. The highest BCUT2D eigenvalue weighted by atomic mass is 19.1. The number of amides is 1. The number of hydrogen-bond donors (Lipinski definition) is 0. The molecule has 0 N–H and O–H groups in total. The Morgan fingerprint density at radius 2 is 1.60 bits per heavy atom. The highest BCUT2D eigenvalue weighted by molar-refractivity contribution is 6.01. The summed E-state index contributed by atoms with van der Waals surface area (Å²) in [7, 11) is 3.09. The zero-order valence-corrected chi connectivity index (χ0v) is 16.8. The molecule has 1 aliphatic rings. The highest BCUT2D eigenvalue weighted by Crippen LogP contribution is 2.42. The summed E-state index contributed by atoms with van der Waals surface area (Å²) < 4.78 is 35.5. The Morgan fingerprint density at radius 1 is 0.967 bits per heavy atom. The predicted octanol–water partition coefficient (Wildman–Crippen LogP) is 4.24. The lowest BCUT2D eigenvalue weighted by atomic mass is 9.95. The average molecular weight is 411 g/mol. The van der Waals surface area contributed by atoms with Crippen LogP contribution in [0.4, 0.5) is 4.39 Å². The number of furan rings is 1. The van der Waals surface area contributed by atoms with Gasteiger partial charge < -0.3 is 23.5 Å². The van der Waals surface area contributed by atoms with Crippen LogP contribution in [0.25, 0.3) is 22.5 Å². The van der Waals surface area contributed by atoms with Crippen LogP contribution in [-0.2, 0) is 4.74 Å². The summed E-state index contributed by atoms with van der Waals surface area (Å²) in [4.78, 5) is 14.9. The molecule has 0 saturated carbocycles. The maximum atomic E-state index is 13.5. The number of hydrogen-bond acceptors (Lipinski definition) is 5. The van der Waals surface area contributed by atoms with Gasteiger partial charge in [-0.15, -0.1) is 0 Å². The first kappa shape index (κ1) is 20.0. The second-order valence-corrected chi connectivity index (χ2v) is 6.83. The van der Waals surface area contributed by atoms with Gasteiger partial charge in [-0.05, 0) is 41.5 Å². The summed E-state index contributed by atoms with van der Waals surface area (Å²) in [6.45, 7) is 2.08. The number of carbonyl (C=O) groups is 1. The van der Waals surface area contributed by atoms with E-state index in [2.05, 4.69) is 0 Å². The summed E-state index contributed by atoms with van der Waals surface area (Å²) in [6, 6.07) is 11.4. The van der Waals surface area contributed by atoms with Gasteiger partial charge in [0.2, 0.25) is 0 Å². The summed E-state index contributed by atoms with van der Waals surface area (Å²) >= 11 is 0. The molecule has 7 heteroatoms. The third-order valence-electron chi connectivity index (χ3n) is 5.12. The molecule has 0 radical (unpaired) electrons. The molecule has 156 valence electrons. The van der Waals surface area contributed by atoms with E-state index in [9.17, 15) is 9.18 Å². The molecular weight excluding hydrogens is 389 g/mol. The second kappa shape index (κ2) is 8.59. The number of ether oxygens (including phenoxy) is 3. The molecule has 0 unspecified atom stereocenters. The second-order valence-electron chi connectivity index (χ2n) is 6.83. The van der Waals surface area contributed by atoms with E-state index < -0.39 is 0 Å². The Bertz CT molecular complexity index is 1040. The van der Waals surface area contributed by atoms with E-state index in [1.807, 2.05) is 0 Å². The lowest BCUT2D eigenvalue weighted by molar-refractivity contribution is 0.0303. The minimum Gasteiger partial charge on any atom is -0.493 e. The van der Waals surface area contributed by atoms with Crippen LogP contribution >= 0.6 is 0 Å². The number of benzene rings is 2. The molecule has 1 saturated heterocycles. The van der Waals surface area contributed by atoms with Gasteiger partial charge >= 0.3 is 0 Å². The fraction of sp³-hybridized carbons (Fsp3) is 0.261. The molecule has 2 aromatic carbocycles. The molecule has 1 aromatic heterocycles. The van der Waals surface area contributed by atoms with Gasteiger partial charge in [-0.1, -0.05) is 12.1 Å². The molecule has 0 bridgehead atoms. The Morgan fingerprint density at radius 3 is 2.23 bits per heavy atom. The minimum absolute atomic E-state index is 0.123. The predicted molar refractivity (Wildman–Crippen MR) is 109 cm³/mol. The average Bonchev–Trinajstić information content (AvgIpc) is 3.28. The Kier molecular flexibility index (Phi) is 5.72. The molecule has 2 heterocycles. The molecule has 1 fully saturated rings. The van der Waals surface area contributed by atoms with Gasteiger partial charge in [-0.3, -0.25) is 4.79 Å². The summed E-state index contributed by atoms with van der Waals surface area (Å²) in [5, 5.41) is 0. The summed E-state index contributed by atoms with van der Waals surface area (Å²) in [6.07, 6.45) is 1.49. The molecule has 30 heavy (non-hydrogen) atoms. The van der Waals surface area contributed by atoms with Crippen molar-refractivity contribution in [2.45, 2.75) is 0 Å². The summed E-state index contributed by atoms with van der Waals surface area (Å²) in [5.74, 6) is 0.989. The standard InChI is InChI=1S/C23H22FNO5/c1-27-20-13-18(15-3-5-16(24)6-4-15)19(14-21(20)28-2)22-17(7-10-30-22)23(26)25-8-11-29-12-9-25/h3-7,10,13-14H,8-9,11-12H2,1-2H3. The van der Waals surface area contributed by atoms with E-state index in [4.69, 9.17) is 18.6 Å². The number of morpholine rings is 1. The van der Waals surface area contributed by atoms with E-state index in [1.165, 1.54) is 18.4 Å². The molecule has 0 atom stereocenters. The smallest absolute Gasteiger partial charge is 0.257 e. The maximum Gasteiger partial charge on any atom is 0.257 e. The van der Waals surface area contributed by atoms with Crippen LogP contribution in [0, 0.1) is 5.82 Å². The van der Waals surface area contributed by atoms with Crippen molar-refractivity contribution >= 4 is 5.91 Å². The van der Waals surface area contributed by atoms with Crippen molar-refractivity contribution in [3.63, 3.8) is 0 Å². The van der Waals surface area contributed by atoms with E-state index in [-0.39, 0.29) is 11.7 Å². The highest BCUT2D eigenvalue weighted by Gasteiger charge is 2.26. The van der Waals surface area contributed by atoms with Crippen LogP contribution in [0.2, 0.25) is 0 Å². The monoisotopic (exact) mass is 411 g/mol. The first-order chi connectivity index (χ1) is 14.6. The normalized spacial score (nSPS) is 13.9. The number of nitrogens with zero attached hydrogens (tertiary/aromatic N) is 1. The van der Waals surface area contributed by atoms with E-state index >= 15 is 0 Å². The summed E-state index contributed by atoms with van der Waals surface area (Å²) in [5.41, 5.74) is 2.60. The van der Waals surface area contributed by atoms with Crippen LogP contribution in [0.15, 0.2) is 53.1 Å². The van der Waals surface area contributed by atoms with Crippen molar-refractivity contribution < 1.29 is 27.8 Å². The Hall–Kier alpha value is -3.32. The van der Waals surface area contributed by atoms with Crippen LogP contribution in [-0.4, -0.2) is 51.3 Å². The van der Waals surface area contributed by atoms with Crippen molar-refractivity contribution in [2.75, 3.05) is 40.5 Å². The third-order valence-corrected chi connectivity index (χ3v) is 5.12. The number of halogens is 1. The van der Waals surface area contributed by atoms with Crippen molar-refractivity contribution in [1.82, 2.24) is 4.90 Å². The zero-order chi connectivity index (χ0) is 21.1. The molecule has 4 rings (SSSR count). The van der Waals surface area contributed by atoms with Gasteiger partial charge in [0, 0.05) is 18.7 Å². The van der Waals surface area contributed by atoms with Gasteiger partial charge in [0.1, 0.15) is 11.6 Å². The number of methoxy groups -OCH3 is 2. The lowest BCUT2D eigenvalue weighted by Gasteiger charge is -2.26. The van der Waals surface area contributed by atoms with Gasteiger partial charge in [-0.25, -0.2) is 4.39 Å². The topological polar surface area (TPSA) is 61.1 Å². The fourth-order valence-electron chi connectivity index (χ4n) is 3.56. The first-order valence-corrected chi connectivity index (χ1v) is 9.59. The Balaban J connectivity index is 1.85. The molecule has 1 amide bonds. The first-order valence-electron chi connectivity index (χ1n) is 9.59. The van der Waals surface area contributed by atoms with Crippen molar-refractivity contribution in [1.29, 1.82) is 0 Å². The van der Waals surface area contributed by atoms with E-state index in [0.717, 1.165) is 11.1 Å². The van der Waals surface area contributed by atoms with Crippen molar-refractivity contribution in [3.8, 4) is 33.9 Å².